The van der Waals surface area contributed by atoms with Gasteiger partial charge in [0.2, 0.25) is 0 Å². The molecule has 1 rings (SSSR count). The Labute approximate surface area is 99.5 Å². The molecule has 1 aromatic carbocycles. The Morgan fingerprint density at radius 3 is 2.13 bits per heavy atom. The molecule has 15 heavy (non-hydrogen) atoms. The summed E-state index contributed by atoms with van der Waals surface area (Å²) in [6.45, 7) is 3.00. The second-order valence-corrected chi connectivity index (χ2v) is 3.76. The highest BCUT2D eigenvalue weighted by atomic mass is 35.5. The van der Waals surface area contributed by atoms with E-state index in [-0.39, 0.29) is 12.4 Å². The smallest absolute Gasteiger partial charge is 0.00366 e. The Kier molecular flexibility index (Phi) is 8.44. The molecule has 0 spiro atoms. The second kappa shape index (κ2) is 8.75. The van der Waals surface area contributed by atoms with Gasteiger partial charge in [-0.2, -0.15) is 0 Å². The first kappa shape index (κ1) is 14.5. The summed E-state index contributed by atoms with van der Waals surface area (Å²) in [7, 11) is 0. The highest BCUT2D eigenvalue weighted by Gasteiger charge is 1.99. The molecule has 0 heterocycles. The SMILES string of the molecule is CCCCCc1ccccc1CCN.Cl. The maximum Gasteiger partial charge on any atom is -0.00366 e. The second-order valence-electron chi connectivity index (χ2n) is 3.76. The van der Waals surface area contributed by atoms with Crippen molar-refractivity contribution in [3.63, 3.8) is 0 Å². The zero-order valence-electron chi connectivity index (χ0n) is 9.54. The van der Waals surface area contributed by atoms with Gasteiger partial charge in [-0.3, -0.25) is 0 Å². The van der Waals surface area contributed by atoms with Crippen molar-refractivity contribution in [1.29, 1.82) is 0 Å². The molecule has 0 bridgehead atoms. The summed E-state index contributed by atoms with van der Waals surface area (Å²) in [5.74, 6) is 0. The maximum atomic E-state index is 5.58. The molecule has 0 radical (unpaired) electrons. The zero-order valence-corrected chi connectivity index (χ0v) is 10.4. The number of benzene rings is 1. The number of halogens is 1. The topological polar surface area (TPSA) is 26.0 Å². The van der Waals surface area contributed by atoms with E-state index in [1.807, 2.05) is 0 Å². The summed E-state index contributed by atoms with van der Waals surface area (Å²) >= 11 is 0. The highest BCUT2D eigenvalue weighted by Crippen LogP contribution is 2.12. The maximum absolute atomic E-state index is 5.58. The first-order valence-electron chi connectivity index (χ1n) is 5.65. The van der Waals surface area contributed by atoms with Crippen LogP contribution in [0.15, 0.2) is 24.3 Å². The Bertz CT molecular complexity index is 260. The molecule has 0 fully saturated rings. The molecule has 0 aliphatic rings. The minimum absolute atomic E-state index is 0. The average molecular weight is 228 g/mol. The van der Waals surface area contributed by atoms with Crippen molar-refractivity contribution in [3.8, 4) is 0 Å². The fraction of sp³-hybridized carbons (Fsp3) is 0.538. The van der Waals surface area contributed by atoms with Crippen molar-refractivity contribution in [2.75, 3.05) is 6.54 Å². The van der Waals surface area contributed by atoms with E-state index in [1.165, 1.54) is 36.8 Å². The van der Waals surface area contributed by atoms with Crippen molar-refractivity contribution >= 4 is 12.4 Å². The average Bonchev–Trinajstić information content (AvgIpc) is 2.21. The molecule has 2 heteroatoms. The number of aryl methyl sites for hydroxylation is 1. The fourth-order valence-electron chi connectivity index (χ4n) is 1.77. The van der Waals surface area contributed by atoms with Crippen molar-refractivity contribution in [1.82, 2.24) is 0 Å². The normalized spacial score (nSPS) is 9.73. The lowest BCUT2D eigenvalue weighted by Crippen LogP contribution is -2.05. The van der Waals surface area contributed by atoms with Gasteiger partial charge in [-0.05, 0) is 36.9 Å². The third-order valence-corrected chi connectivity index (χ3v) is 2.58. The summed E-state index contributed by atoms with van der Waals surface area (Å²) in [6, 6.07) is 8.67. The summed E-state index contributed by atoms with van der Waals surface area (Å²) in [6.07, 6.45) is 6.15. The molecular formula is C13H22ClN. The molecule has 1 aromatic rings. The van der Waals surface area contributed by atoms with Gasteiger partial charge >= 0.3 is 0 Å². The number of rotatable bonds is 6. The lowest BCUT2D eigenvalue weighted by Gasteiger charge is -2.07. The first-order chi connectivity index (χ1) is 6.88. The third-order valence-electron chi connectivity index (χ3n) is 2.58. The fourth-order valence-corrected chi connectivity index (χ4v) is 1.77. The van der Waals surface area contributed by atoms with E-state index in [2.05, 4.69) is 31.2 Å². The van der Waals surface area contributed by atoms with Crippen LogP contribution in [0.5, 0.6) is 0 Å². The summed E-state index contributed by atoms with van der Waals surface area (Å²) in [5.41, 5.74) is 8.51. The molecule has 2 N–H and O–H groups in total. The molecule has 0 atom stereocenters. The first-order valence-corrected chi connectivity index (χ1v) is 5.65. The van der Waals surface area contributed by atoms with Gasteiger partial charge in [0, 0.05) is 0 Å². The Hall–Kier alpha value is -0.530. The van der Waals surface area contributed by atoms with Crippen LogP contribution in [0.25, 0.3) is 0 Å². The third kappa shape index (κ3) is 5.19. The Morgan fingerprint density at radius 2 is 1.60 bits per heavy atom. The van der Waals surface area contributed by atoms with E-state index in [1.54, 1.807) is 0 Å². The van der Waals surface area contributed by atoms with Gasteiger partial charge in [-0.25, -0.2) is 0 Å². The van der Waals surface area contributed by atoms with Crippen molar-refractivity contribution in [2.24, 2.45) is 5.73 Å². The Morgan fingerprint density at radius 1 is 1.00 bits per heavy atom. The molecular weight excluding hydrogens is 206 g/mol. The summed E-state index contributed by atoms with van der Waals surface area (Å²) in [5, 5.41) is 0. The largest absolute Gasteiger partial charge is 0.330 e. The van der Waals surface area contributed by atoms with Crippen LogP contribution in [0.4, 0.5) is 0 Å². The molecule has 0 aliphatic heterocycles. The van der Waals surface area contributed by atoms with E-state index in [0.29, 0.717) is 0 Å². The van der Waals surface area contributed by atoms with Gasteiger partial charge in [0.1, 0.15) is 0 Å². The standard InChI is InChI=1S/C13H21N.ClH/c1-2-3-4-7-12-8-5-6-9-13(12)10-11-14;/h5-6,8-9H,2-4,7,10-11,14H2,1H3;1H. The van der Waals surface area contributed by atoms with Crippen LogP contribution in [0.2, 0.25) is 0 Å². The van der Waals surface area contributed by atoms with Gasteiger partial charge in [-0.1, -0.05) is 44.0 Å². The van der Waals surface area contributed by atoms with Gasteiger partial charge < -0.3 is 5.73 Å². The monoisotopic (exact) mass is 227 g/mol. The summed E-state index contributed by atoms with van der Waals surface area (Å²) in [4.78, 5) is 0. The summed E-state index contributed by atoms with van der Waals surface area (Å²) < 4.78 is 0. The predicted octanol–water partition coefficient (Wildman–Crippen LogP) is 3.34. The molecule has 0 aromatic heterocycles. The number of hydrogen-bond donors (Lipinski definition) is 1. The minimum Gasteiger partial charge on any atom is -0.330 e. The van der Waals surface area contributed by atoms with E-state index < -0.39 is 0 Å². The van der Waals surface area contributed by atoms with Crippen LogP contribution in [-0.2, 0) is 12.8 Å². The predicted molar refractivity (Wildman–Crippen MR) is 69.7 cm³/mol. The van der Waals surface area contributed by atoms with Crippen LogP contribution in [0.1, 0.15) is 37.3 Å². The molecule has 86 valence electrons. The Balaban J connectivity index is 0.00000196. The lowest BCUT2D eigenvalue weighted by molar-refractivity contribution is 0.712. The van der Waals surface area contributed by atoms with Crippen LogP contribution < -0.4 is 5.73 Å². The van der Waals surface area contributed by atoms with Crippen LogP contribution in [0, 0.1) is 0 Å². The van der Waals surface area contributed by atoms with Crippen LogP contribution in [-0.4, -0.2) is 6.54 Å². The van der Waals surface area contributed by atoms with E-state index in [4.69, 9.17) is 5.73 Å². The number of nitrogens with two attached hydrogens (primary N) is 1. The highest BCUT2D eigenvalue weighted by molar-refractivity contribution is 5.85. The molecule has 0 saturated carbocycles. The molecule has 0 amide bonds. The molecule has 0 saturated heterocycles. The van der Waals surface area contributed by atoms with E-state index in [9.17, 15) is 0 Å². The van der Waals surface area contributed by atoms with Crippen molar-refractivity contribution in [2.45, 2.75) is 39.0 Å². The zero-order chi connectivity index (χ0) is 10.2. The quantitative estimate of drug-likeness (QED) is 0.742. The molecule has 0 unspecified atom stereocenters. The molecule has 0 aliphatic carbocycles. The van der Waals surface area contributed by atoms with Gasteiger partial charge in [0.15, 0.2) is 0 Å². The molecule has 1 nitrogen and oxygen atoms in total. The number of unbranched alkanes of at least 4 members (excludes halogenated alkanes) is 2. The van der Waals surface area contributed by atoms with E-state index in [0.717, 1.165) is 13.0 Å². The van der Waals surface area contributed by atoms with E-state index >= 15 is 0 Å². The van der Waals surface area contributed by atoms with Crippen LogP contribution >= 0.6 is 12.4 Å². The van der Waals surface area contributed by atoms with Gasteiger partial charge in [0.25, 0.3) is 0 Å². The van der Waals surface area contributed by atoms with Gasteiger partial charge in [0.05, 0.1) is 0 Å². The number of hydrogen-bond acceptors (Lipinski definition) is 1. The van der Waals surface area contributed by atoms with Crippen molar-refractivity contribution < 1.29 is 0 Å². The minimum atomic E-state index is 0. The van der Waals surface area contributed by atoms with Gasteiger partial charge in [-0.15, -0.1) is 12.4 Å². The van der Waals surface area contributed by atoms with Crippen molar-refractivity contribution in [3.05, 3.63) is 35.4 Å². The lowest BCUT2D eigenvalue weighted by atomic mass is 9.99. The van der Waals surface area contributed by atoms with Crippen LogP contribution in [0.3, 0.4) is 0 Å².